The maximum atomic E-state index is 16.4. The Labute approximate surface area is 488 Å². The number of nitrogens with one attached hydrogen (secondary N) is 6. The van der Waals surface area contributed by atoms with Gasteiger partial charge >= 0.3 is 28.6 Å². The summed E-state index contributed by atoms with van der Waals surface area (Å²) in [5.74, 6) is -3.12. The van der Waals surface area contributed by atoms with Gasteiger partial charge in [0.05, 0.1) is 18.8 Å². The number of nitrogens with zero attached hydrogens (tertiary/aromatic N) is 9. The van der Waals surface area contributed by atoms with Crippen LogP contribution >= 0.6 is 16.5 Å². The van der Waals surface area contributed by atoms with E-state index in [9.17, 15) is 47.6 Å². The zero-order valence-electron chi connectivity index (χ0n) is 45.9. The summed E-state index contributed by atoms with van der Waals surface area (Å²) >= 11 is 0. The van der Waals surface area contributed by atoms with Crippen LogP contribution in [0.25, 0.3) is 22.3 Å². The molecule has 11 atom stereocenters. The minimum absolute atomic E-state index is 0.0591. The molecule has 0 bridgehead atoms. The van der Waals surface area contributed by atoms with E-state index in [0.29, 0.717) is 17.7 Å². The number of imide groups is 1. The lowest BCUT2D eigenvalue weighted by Gasteiger charge is -2.25. The standard InChI is InChI=1S/C49H59F2N17O16P2/c1-25(2)36(65-32(69)12-16-66-33(70)10-11-34(66)71)45(73)64-30(5-3-13-55-48(53)74)44(72)63-27-8-6-26(7-9-27)18-79-49(75)56-15-4-14-54-41-38-43(60-22-58-41)68(24-62-38)47-35(51)39(31(83-47)20-80-85(76)77)84-86(78)81-19-28-17-29(50)46(82-28)67-23-61-37-40(52)57-21-59-42(37)67/h6-11,21-25,28-31,35-36,39,46-47H,3-5,12-20H2,1-2H3,(H9-2,52,53,54,55,56,57,58,59,60,63,64,65,69,72,73,74,75,76,77)/p+2. The summed E-state index contributed by atoms with van der Waals surface area (Å²) in [7, 11) is -6.28. The normalized spacial score (nSPS) is 21.1. The monoisotopic (exact) mass is 1240 g/mol. The molecule has 3 aliphatic heterocycles. The number of ether oxygens (including phenoxy) is 3. The Balaban J connectivity index is 0.771. The van der Waals surface area contributed by atoms with Crippen LogP contribution in [0.2, 0.25) is 0 Å². The van der Waals surface area contributed by atoms with E-state index in [1.807, 2.05) is 0 Å². The predicted octanol–water partition coefficient (Wildman–Crippen LogP) is 1.89. The highest BCUT2D eigenvalue weighted by Gasteiger charge is 2.54. The van der Waals surface area contributed by atoms with Crippen molar-refractivity contribution in [3.05, 3.63) is 67.3 Å². The number of nitrogen functional groups attached to an aromatic ring is 1. The first-order valence-corrected chi connectivity index (χ1v) is 28.9. The van der Waals surface area contributed by atoms with Gasteiger partial charge in [0.2, 0.25) is 17.7 Å². The summed E-state index contributed by atoms with van der Waals surface area (Å²) in [5, 5.41) is 16.2. The molecule has 0 aliphatic carbocycles. The number of carbonyl (C=O) groups is 7. The Kier molecular flexibility index (Phi) is 21.9. The molecule has 11 unspecified atom stereocenters. The van der Waals surface area contributed by atoms with Gasteiger partial charge in [-0.25, -0.2) is 48.3 Å². The van der Waals surface area contributed by atoms with Crippen LogP contribution in [0, 0.1) is 5.92 Å². The van der Waals surface area contributed by atoms with Crippen molar-refractivity contribution < 1.29 is 84.1 Å². The molecule has 86 heavy (non-hydrogen) atoms. The van der Waals surface area contributed by atoms with Crippen molar-refractivity contribution in [2.24, 2.45) is 11.7 Å². The number of alkyl halides is 2. The number of primary amides is 1. The van der Waals surface area contributed by atoms with Crippen LogP contribution in [-0.2, 0) is 67.5 Å². The first-order valence-electron chi connectivity index (χ1n) is 26.7. The fourth-order valence-electron chi connectivity index (χ4n) is 9.16. The Morgan fingerprint density at radius 3 is 2.22 bits per heavy atom. The minimum atomic E-state index is -3.16. The second kappa shape index (κ2) is 29.6. The van der Waals surface area contributed by atoms with E-state index in [-0.39, 0.29) is 92.4 Å². The molecule has 460 valence electrons. The molecule has 8 rings (SSSR count). The molecule has 2 fully saturated rings. The van der Waals surface area contributed by atoms with Gasteiger partial charge in [0.1, 0.15) is 62.4 Å². The number of alkyl carbamates (subject to hydrolysis) is 1. The second-order valence-corrected chi connectivity index (χ2v) is 21.5. The molecule has 5 aromatic rings. The highest BCUT2D eigenvalue weighted by Crippen LogP contribution is 2.42. The summed E-state index contributed by atoms with van der Waals surface area (Å²) in [6.07, 6.45) is -3.82. The van der Waals surface area contributed by atoms with Crippen molar-refractivity contribution in [3.63, 3.8) is 0 Å². The fraction of sp³-hybridized carbons (Fsp3) is 0.490. The number of anilines is 3. The Morgan fingerprint density at radius 1 is 0.826 bits per heavy atom. The zero-order valence-corrected chi connectivity index (χ0v) is 47.7. The number of amides is 8. The molecule has 0 saturated carbocycles. The van der Waals surface area contributed by atoms with E-state index in [4.69, 9.17) is 39.2 Å². The molecule has 33 nitrogen and oxygen atoms in total. The number of urea groups is 1. The van der Waals surface area contributed by atoms with Gasteiger partial charge < -0.3 is 57.6 Å². The van der Waals surface area contributed by atoms with Crippen LogP contribution in [0.1, 0.15) is 64.0 Å². The Morgan fingerprint density at radius 2 is 1.51 bits per heavy atom. The first-order chi connectivity index (χ1) is 41.2. The van der Waals surface area contributed by atoms with E-state index in [2.05, 4.69) is 61.8 Å². The highest BCUT2D eigenvalue weighted by atomic mass is 31.1. The second-order valence-electron chi connectivity index (χ2n) is 19.8. The SMILES string of the molecule is CC(C)C(NC(=O)CCN1C(=O)C=CC1=O)C(=O)NC(CCCNC(N)=O)C(=O)Nc1ccc(COC(=O)NCCCNc2ncnc3c2ncn3C2OC(CO[P+](=O)O)C(O[P+](=O)OCC3CC(F)C(n4cnc5c(N)ncnc54)O3)C2F)cc1. The van der Waals surface area contributed by atoms with Gasteiger partial charge in [-0.1, -0.05) is 26.0 Å². The Bertz CT molecular complexity index is 3330. The highest BCUT2D eigenvalue weighted by molar-refractivity contribution is 7.33. The van der Waals surface area contributed by atoms with Gasteiger partial charge in [-0.3, -0.25) is 38.0 Å². The largest absolute Gasteiger partial charge is 0.697 e. The summed E-state index contributed by atoms with van der Waals surface area (Å²) in [5.41, 5.74) is 12.7. The summed E-state index contributed by atoms with van der Waals surface area (Å²) in [6.45, 7) is 2.42. The van der Waals surface area contributed by atoms with Crippen LogP contribution in [0.15, 0.2) is 61.7 Å². The molecule has 7 heterocycles. The molecule has 0 spiro atoms. The van der Waals surface area contributed by atoms with E-state index in [0.717, 1.165) is 17.1 Å². The number of carbonyl (C=O) groups excluding carboxylic acids is 7. The predicted molar refractivity (Wildman–Crippen MR) is 294 cm³/mol. The number of benzene rings is 1. The lowest BCUT2D eigenvalue weighted by molar-refractivity contribution is -0.137. The van der Waals surface area contributed by atoms with Crippen molar-refractivity contribution in [1.82, 2.24) is 65.2 Å². The molecular weight excluding hydrogens is 1180 g/mol. The summed E-state index contributed by atoms with van der Waals surface area (Å²) < 4.78 is 91.4. The number of nitrogens with two attached hydrogens (primary N) is 2. The fourth-order valence-corrected chi connectivity index (χ4v) is 10.2. The smallest absolute Gasteiger partial charge is 0.445 e. The molecule has 2 saturated heterocycles. The van der Waals surface area contributed by atoms with Crippen LogP contribution in [0.5, 0.6) is 0 Å². The maximum Gasteiger partial charge on any atom is 0.697 e. The van der Waals surface area contributed by atoms with Crippen molar-refractivity contribution in [2.75, 3.05) is 55.8 Å². The molecule has 4 aromatic heterocycles. The van der Waals surface area contributed by atoms with Crippen molar-refractivity contribution in [1.29, 1.82) is 0 Å². The number of rotatable bonds is 30. The van der Waals surface area contributed by atoms with Crippen molar-refractivity contribution in [3.8, 4) is 0 Å². The Hall–Kier alpha value is -8.43. The van der Waals surface area contributed by atoms with E-state index >= 15 is 8.78 Å². The number of hydrogen-bond acceptors (Lipinski definition) is 23. The van der Waals surface area contributed by atoms with E-state index in [1.54, 1.807) is 38.1 Å². The number of halogens is 2. The summed E-state index contributed by atoms with van der Waals surface area (Å²) in [4.78, 5) is 123. The van der Waals surface area contributed by atoms with E-state index in [1.165, 1.54) is 34.4 Å². The third-order valence-electron chi connectivity index (χ3n) is 13.5. The van der Waals surface area contributed by atoms with Crippen LogP contribution < -0.4 is 43.4 Å². The number of fused-ring (bicyclic) bond motifs is 2. The van der Waals surface area contributed by atoms with Gasteiger partial charge in [-0.15, -0.1) is 18.5 Å². The third kappa shape index (κ3) is 16.5. The number of imidazole rings is 2. The van der Waals surface area contributed by atoms with Gasteiger partial charge in [0.25, 0.3) is 11.8 Å². The van der Waals surface area contributed by atoms with Gasteiger partial charge in [-0.2, -0.15) is 0 Å². The average molecular weight is 1240 g/mol. The third-order valence-corrected chi connectivity index (χ3v) is 14.6. The maximum absolute atomic E-state index is 16.4. The van der Waals surface area contributed by atoms with Gasteiger partial charge in [-0.05, 0) is 42.9 Å². The molecule has 11 N–H and O–H groups in total. The molecule has 8 amide bonds. The van der Waals surface area contributed by atoms with Gasteiger partial charge in [0, 0.05) is 66.0 Å². The van der Waals surface area contributed by atoms with Crippen LogP contribution in [-0.4, -0.2) is 173 Å². The minimum Gasteiger partial charge on any atom is -0.445 e. The van der Waals surface area contributed by atoms with Crippen LogP contribution in [0.4, 0.5) is 35.7 Å². The first kappa shape index (κ1) is 63.6. The topological polar surface area (TPSA) is 444 Å². The average Bonchev–Trinajstić information content (AvgIpc) is 2.16. The molecular formula is C49H61F2N17O16P2+2. The van der Waals surface area contributed by atoms with E-state index < -0.39 is 132 Å². The number of aromatic nitrogens is 8. The van der Waals surface area contributed by atoms with Crippen molar-refractivity contribution >= 4 is 97.8 Å². The molecule has 0 radical (unpaired) electrons. The molecule has 3 aliphatic rings. The molecule has 1 aromatic carbocycles. The lowest BCUT2D eigenvalue weighted by atomic mass is 10.0. The zero-order chi connectivity index (χ0) is 61.6. The van der Waals surface area contributed by atoms with Gasteiger partial charge in [0.15, 0.2) is 53.2 Å². The van der Waals surface area contributed by atoms with Crippen LogP contribution in [0.3, 0.4) is 0 Å². The quantitative estimate of drug-likeness (QED) is 0.0180. The molecule has 37 heteroatoms. The lowest BCUT2D eigenvalue weighted by Crippen LogP contribution is -2.54. The van der Waals surface area contributed by atoms with Crippen molar-refractivity contribution in [2.45, 2.75) is 108 Å². The number of hydrogen-bond donors (Lipinski definition) is 9. The summed E-state index contributed by atoms with van der Waals surface area (Å²) in [6, 6.07) is 3.30.